The summed E-state index contributed by atoms with van der Waals surface area (Å²) >= 11 is 0. The topological polar surface area (TPSA) is 9.86 Å². The highest BCUT2D eigenvalue weighted by Crippen LogP contribution is 2.63. The Morgan fingerprint density at radius 3 is 1.25 bits per heavy atom. The maximum atomic E-state index is 2.54. The number of hydrogen-bond donors (Lipinski definition) is 0. The second kappa shape index (κ2) is 10.5. The number of aromatic nitrogens is 2. The third-order valence-electron chi connectivity index (χ3n) is 13.5. The molecule has 2 heterocycles. The van der Waals surface area contributed by atoms with Gasteiger partial charge in [0.2, 0.25) is 0 Å². The summed E-state index contributed by atoms with van der Waals surface area (Å²) in [6, 6.07) is 72.9. The summed E-state index contributed by atoms with van der Waals surface area (Å²) < 4.78 is 5.01. The van der Waals surface area contributed by atoms with Crippen LogP contribution >= 0.6 is 0 Å². The van der Waals surface area contributed by atoms with Crippen molar-refractivity contribution in [3.05, 3.63) is 216 Å². The third-order valence-corrected chi connectivity index (χ3v) is 13.5. The minimum atomic E-state index is -0.365. The van der Waals surface area contributed by atoms with E-state index in [-0.39, 0.29) is 5.41 Å². The fraction of sp³-hybridized carbons (Fsp3) is 0.0182. The number of para-hydroxylation sites is 1. The van der Waals surface area contributed by atoms with E-state index >= 15 is 0 Å². The molecule has 0 saturated heterocycles. The van der Waals surface area contributed by atoms with Crippen LogP contribution in [0.3, 0.4) is 0 Å². The lowest BCUT2D eigenvalue weighted by atomic mass is 9.70. The van der Waals surface area contributed by atoms with E-state index in [9.17, 15) is 0 Å². The Kier molecular flexibility index (Phi) is 5.48. The zero-order valence-electron chi connectivity index (χ0n) is 30.9. The maximum absolute atomic E-state index is 2.54. The lowest BCUT2D eigenvalue weighted by Gasteiger charge is -2.30. The van der Waals surface area contributed by atoms with Crippen molar-refractivity contribution in [2.24, 2.45) is 0 Å². The summed E-state index contributed by atoms with van der Waals surface area (Å²) in [5.41, 5.74) is 17.6. The molecule has 2 aromatic heterocycles. The van der Waals surface area contributed by atoms with Gasteiger partial charge in [0.25, 0.3) is 0 Å². The molecule has 0 aliphatic heterocycles. The molecule has 0 amide bonds. The van der Waals surface area contributed by atoms with Gasteiger partial charge in [-0.25, -0.2) is 0 Å². The van der Waals surface area contributed by atoms with Crippen molar-refractivity contribution in [3.63, 3.8) is 0 Å². The molecular formula is C55H32N2. The van der Waals surface area contributed by atoms with Gasteiger partial charge in [0.15, 0.2) is 0 Å². The van der Waals surface area contributed by atoms with Crippen LogP contribution < -0.4 is 0 Å². The second-order valence-corrected chi connectivity index (χ2v) is 15.9. The minimum Gasteiger partial charge on any atom is -0.309 e. The predicted molar refractivity (Wildman–Crippen MR) is 238 cm³/mol. The van der Waals surface area contributed by atoms with Crippen LogP contribution in [0.5, 0.6) is 0 Å². The van der Waals surface area contributed by atoms with E-state index in [0.29, 0.717) is 0 Å². The summed E-state index contributed by atoms with van der Waals surface area (Å²) in [5, 5.41) is 10.4. The first kappa shape index (κ1) is 29.9. The highest BCUT2D eigenvalue weighted by molar-refractivity contribution is 6.39. The molecule has 1 spiro atoms. The van der Waals surface area contributed by atoms with Gasteiger partial charge in [-0.3, -0.25) is 0 Å². The fourth-order valence-electron chi connectivity index (χ4n) is 11.5. The molecule has 10 aromatic carbocycles. The Bertz CT molecular complexity index is 3650. The standard InChI is InChI=1S/C55H32N2/c1-2-14-33(15-3-1)56-47-26-12-21-40-35-16-4-5-17-36(35)41-22-13-27-48-52(41)54-50(31-30-49(56)53(54)51(40)47)57(48)34-28-29-46-42(32-34)39-20-8-11-25-45(39)55(46)43-23-9-6-18-37(43)38-19-7-10-24-44(38)55/h1-32H. The molecule has 262 valence electrons. The smallest absolute Gasteiger partial charge is 0.0725 e. The van der Waals surface area contributed by atoms with Crippen molar-refractivity contribution < 1.29 is 0 Å². The molecule has 0 atom stereocenters. The lowest BCUT2D eigenvalue weighted by Crippen LogP contribution is -2.25. The fourth-order valence-corrected chi connectivity index (χ4v) is 11.5. The van der Waals surface area contributed by atoms with Crippen molar-refractivity contribution in [3.8, 4) is 33.6 Å². The monoisotopic (exact) mass is 720 g/mol. The molecule has 0 radical (unpaired) electrons. The Balaban J connectivity index is 1.14. The number of fused-ring (bicyclic) bond motifs is 13. The van der Waals surface area contributed by atoms with Crippen molar-refractivity contribution in [2.45, 2.75) is 5.41 Å². The van der Waals surface area contributed by atoms with Crippen LogP contribution in [-0.4, -0.2) is 9.13 Å². The lowest BCUT2D eigenvalue weighted by molar-refractivity contribution is 0.793. The highest BCUT2D eigenvalue weighted by Gasteiger charge is 2.51. The van der Waals surface area contributed by atoms with Crippen LogP contribution in [0.4, 0.5) is 0 Å². The van der Waals surface area contributed by atoms with Crippen LogP contribution in [0.2, 0.25) is 0 Å². The van der Waals surface area contributed by atoms with Gasteiger partial charge in [0, 0.05) is 32.9 Å². The molecule has 57 heavy (non-hydrogen) atoms. The molecule has 14 rings (SSSR count). The van der Waals surface area contributed by atoms with Crippen LogP contribution in [-0.2, 0) is 5.41 Å². The van der Waals surface area contributed by atoms with Crippen LogP contribution in [0.1, 0.15) is 22.3 Å². The first-order chi connectivity index (χ1) is 28.3. The average Bonchev–Trinajstić information content (AvgIpc) is 3.98. The van der Waals surface area contributed by atoms with Gasteiger partial charge in [-0.1, -0.05) is 146 Å². The van der Waals surface area contributed by atoms with E-state index in [1.165, 1.54) is 121 Å². The zero-order chi connectivity index (χ0) is 37.0. The highest BCUT2D eigenvalue weighted by atomic mass is 15.0. The summed E-state index contributed by atoms with van der Waals surface area (Å²) in [6.45, 7) is 0. The van der Waals surface area contributed by atoms with Gasteiger partial charge in [-0.2, -0.15) is 0 Å². The zero-order valence-corrected chi connectivity index (χ0v) is 30.9. The van der Waals surface area contributed by atoms with Gasteiger partial charge in [0.1, 0.15) is 0 Å². The molecule has 12 aromatic rings. The average molecular weight is 721 g/mol. The van der Waals surface area contributed by atoms with Gasteiger partial charge in [0.05, 0.1) is 27.5 Å². The number of hydrogen-bond acceptors (Lipinski definition) is 0. The summed E-state index contributed by atoms with van der Waals surface area (Å²) in [4.78, 5) is 0. The predicted octanol–water partition coefficient (Wildman–Crippen LogP) is 14.0. The van der Waals surface area contributed by atoms with Gasteiger partial charge >= 0.3 is 0 Å². The van der Waals surface area contributed by atoms with E-state index in [0.717, 1.165) is 0 Å². The summed E-state index contributed by atoms with van der Waals surface area (Å²) in [5.74, 6) is 0. The molecule has 2 nitrogen and oxygen atoms in total. The molecule has 2 aliphatic rings. The molecule has 2 heteroatoms. The molecule has 0 unspecified atom stereocenters. The minimum absolute atomic E-state index is 0.365. The van der Waals surface area contributed by atoms with E-state index in [1.54, 1.807) is 0 Å². The molecule has 0 fully saturated rings. The summed E-state index contributed by atoms with van der Waals surface area (Å²) in [6.07, 6.45) is 0. The van der Waals surface area contributed by atoms with E-state index in [4.69, 9.17) is 0 Å². The maximum Gasteiger partial charge on any atom is 0.0725 e. The third kappa shape index (κ3) is 3.46. The molecule has 0 saturated carbocycles. The molecule has 0 N–H and O–H groups in total. The van der Waals surface area contributed by atoms with Crippen molar-refractivity contribution >= 4 is 65.2 Å². The Labute approximate surface area is 328 Å². The Morgan fingerprint density at radius 2 is 0.684 bits per heavy atom. The second-order valence-electron chi connectivity index (χ2n) is 15.9. The van der Waals surface area contributed by atoms with Gasteiger partial charge in [-0.15, -0.1) is 0 Å². The van der Waals surface area contributed by atoms with Crippen molar-refractivity contribution in [2.75, 3.05) is 0 Å². The van der Waals surface area contributed by atoms with E-state index < -0.39 is 0 Å². The molecule has 0 bridgehead atoms. The number of nitrogens with zero attached hydrogens (tertiary/aromatic N) is 2. The van der Waals surface area contributed by atoms with Gasteiger partial charge in [-0.05, 0) is 115 Å². The number of benzene rings is 9. The quantitative estimate of drug-likeness (QED) is 0.168. The SMILES string of the molecule is c1ccc(-n2c3cccc4c5ccccc5c5cccc6c5c5c(c43)c2ccc5n6-c2ccc3c(c2)-c2ccccc2C32c3ccccc3-c3ccccc32)cc1. The number of rotatable bonds is 2. The normalized spacial score (nSPS) is 13.8. The van der Waals surface area contributed by atoms with Gasteiger partial charge < -0.3 is 9.13 Å². The molecular weight excluding hydrogens is 689 g/mol. The van der Waals surface area contributed by atoms with E-state index in [2.05, 4.69) is 203 Å². The van der Waals surface area contributed by atoms with Crippen molar-refractivity contribution in [1.29, 1.82) is 0 Å². The van der Waals surface area contributed by atoms with Crippen molar-refractivity contribution in [1.82, 2.24) is 9.13 Å². The van der Waals surface area contributed by atoms with Crippen LogP contribution in [0, 0.1) is 0 Å². The Morgan fingerprint density at radius 1 is 0.263 bits per heavy atom. The van der Waals surface area contributed by atoms with Crippen LogP contribution in [0.25, 0.3) is 98.8 Å². The first-order valence-electron chi connectivity index (χ1n) is 19.9. The molecule has 2 aliphatic carbocycles. The van der Waals surface area contributed by atoms with E-state index in [1.807, 2.05) is 0 Å². The first-order valence-corrected chi connectivity index (χ1v) is 19.9. The largest absolute Gasteiger partial charge is 0.309 e. The Hall–Kier alpha value is -7.42. The van der Waals surface area contributed by atoms with Crippen LogP contribution in [0.15, 0.2) is 194 Å². The summed E-state index contributed by atoms with van der Waals surface area (Å²) in [7, 11) is 0.